The first-order chi connectivity index (χ1) is 12.9. The summed E-state index contributed by atoms with van der Waals surface area (Å²) in [6.45, 7) is 1.43. The van der Waals surface area contributed by atoms with Gasteiger partial charge in [-0.2, -0.15) is 13.2 Å². The van der Waals surface area contributed by atoms with Crippen LogP contribution < -0.4 is 15.4 Å². The minimum Gasteiger partial charge on any atom is -0.489 e. The number of halogens is 3. The number of carbonyl (C=O) groups excluding carboxylic acids is 1. The molecule has 1 atom stereocenters. The van der Waals surface area contributed by atoms with Gasteiger partial charge < -0.3 is 15.4 Å². The molecule has 0 aromatic heterocycles. The normalized spacial score (nSPS) is 16.9. The van der Waals surface area contributed by atoms with E-state index in [0.717, 1.165) is 37.1 Å². The number of nitrogens with one attached hydrogen (secondary N) is 2. The largest absolute Gasteiger partial charge is 0.489 e. The molecule has 1 aliphatic rings. The van der Waals surface area contributed by atoms with Gasteiger partial charge in [0.2, 0.25) is 5.91 Å². The van der Waals surface area contributed by atoms with E-state index in [2.05, 4.69) is 10.6 Å². The van der Waals surface area contributed by atoms with E-state index in [0.29, 0.717) is 17.9 Å². The lowest BCUT2D eigenvalue weighted by molar-refractivity contribution is -0.137. The van der Waals surface area contributed by atoms with E-state index in [9.17, 15) is 18.0 Å². The summed E-state index contributed by atoms with van der Waals surface area (Å²) in [5.74, 6) is 0.587. The molecule has 0 spiro atoms. The average molecular weight is 378 g/mol. The number of carbonyl (C=O) groups is 1. The predicted molar refractivity (Wildman–Crippen MR) is 95.1 cm³/mol. The van der Waals surface area contributed by atoms with Gasteiger partial charge in [0, 0.05) is 6.54 Å². The van der Waals surface area contributed by atoms with E-state index in [1.54, 1.807) is 6.07 Å². The number of alkyl halides is 3. The molecule has 144 valence electrons. The number of amides is 1. The summed E-state index contributed by atoms with van der Waals surface area (Å²) < 4.78 is 43.4. The van der Waals surface area contributed by atoms with Crippen LogP contribution in [-0.4, -0.2) is 18.5 Å². The van der Waals surface area contributed by atoms with Gasteiger partial charge in [0.15, 0.2) is 0 Å². The second-order valence-electron chi connectivity index (χ2n) is 6.50. The van der Waals surface area contributed by atoms with Crippen molar-refractivity contribution in [3.8, 4) is 5.75 Å². The summed E-state index contributed by atoms with van der Waals surface area (Å²) >= 11 is 0. The number of benzene rings is 2. The van der Waals surface area contributed by atoms with Gasteiger partial charge in [-0.3, -0.25) is 4.79 Å². The zero-order valence-electron chi connectivity index (χ0n) is 14.7. The van der Waals surface area contributed by atoms with Gasteiger partial charge in [-0.15, -0.1) is 0 Å². The number of ether oxygens (including phenoxy) is 1. The molecule has 4 nitrogen and oxygen atoms in total. The Morgan fingerprint density at radius 1 is 1.15 bits per heavy atom. The van der Waals surface area contributed by atoms with Crippen molar-refractivity contribution in [2.75, 3.05) is 6.54 Å². The summed E-state index contributed by atoms with van der Waals surface area (Å²) in [5.41, 5.74) is 0.862. The van der Waals surface area contributed by atoms with Crippen LogP contribution in [0, 0.1) is 0 Å². The van der Waals surface area contributed by atoms with Crippen LogP contribution >= 0.6 is 0 Å². The molecule has 1 heterocycles. The Morgan fingerprint density at radius 2 is 1.93 bits per heavy atom. The Morgan fingerprint density at radius 3 is 2.59 bits per heavy atom. The topological polar surface area (TPSA) is 50.4 Å². The van der Waals surface area contributed by atoms with Crippen LogP contribution in [0.1, 0.15) is 29.5 Å². The highest BCUT2D eigenvalue weighted by Crippen LogP contribution is 2.29. The highest BCUT2D eigenvalue weighted by Gasteiger charge is 2.29. The standard InChI is InChI=1S/C20H21F3N2O2/c21-20(22,23)16-8-6-14(7-9-16)13-27-17-4-1-3-15(11-17)12-25-19(26)18-5-2-10-24-18/h1,3-4,6-9,11,18,24H,2,5,10,12-13H2,(H,25,26)/t18-/m0/s1. The lowest BCUT2D eigenvalue weighted by Gasteiger charge is -2.12. The molecule has 0 radical (unpaired) electrons. The van der Waals surface area contributed by atoms with E-state index < -0.39 is 11.7 Å². The van der Waals surface area contributed by atoms with Crippen LogP contribution in [0.3, 0.4) is 0 Å². The smallest absolute Gasteiger partial charge is 0.416 e. The van der Waals surface area contributed by atoms with E-state index in [4.69, 9.17) is 4.74 Å². The Bertz CT molecular complexity index is 770. The first-order valence-electron chi connectivity index (χ1n) is 8.81. The molecular weight excluding hydrogens is 357 g/mol. The third-order valence-electron chi connectivity index (χ3n) is 4.43. The van der Waals surface area contributed by atoms with Crippen molar-refractivity contribution < 1.29 is 22.7 Å². The summed E-state index contributed by atoms with van der Waals surface area (Å²) in [4.78, 5) is 12.0. The molecule has 2 aromatic carbocycles. The van der Waals surface area contributed by atoms with E-state index in [1.165, 1.54) is 12.1 Å². The molecule has 0 aliphatic carbocycles. The van der Waals surface area contributed by atoms with Gasteiger partial charge in [-0.05, 0) is 54.8 Å². The summed E-state index contributed by atoms with van der Waals surface area (Å²) in [7, 11) is 0. The molecule has 0 unspecified atom stereocenters. The van der Waals surface area contributed by atoms with Crippen LogP contribution in [0.2, 0.25) is 0 Å². The third kappa shape index (κ3) is 5.47. The van der Waals surface area contributed by atoms with Crippen LogP contribution in [0.25, 0.3) is 0 Å². The van der Waals surface area contributed by atoms with Crippen molar-refractivity contribution in [3.63, 3.8) is 0 Å². The number of hydrogen-bond donors (Lipinski definition) is 2. The molecule has 3 rings (SSSR count). The number of rotatable bonds is 6. The maximum Gasteiger partial charge on any atom is 0.416 e. The molecule has 0 bridgehead atoms. The molecule has 27 heavy (non-hydrogen) atoms. The molecule has 1 aliphatic heterocycles. The second-order valence-corrected chi connectivity index (χ2v) is 6.50. The van der Waals surface area contributed by atoms with Gasteiger partial charge in [0.05, 0.1) is 11.6 Å². The zero-order chi connectivity index (χ0) is 19.3. The lowest BCUT2D eigenvalue weighted by atomic mass is 10.1. The van der Waals surface area contributed by atoms with Crippen molar-refractivity contribution in [3.05, 3.63) is 65.2 Å². The molecule has 7 heteroatoms. The van der Waals surface area contributed by atoms with Crippen LogP contribution in [0.4, 0.5) is 13.2 Å². The van der Waals surface area contributed by atoms with Gasteiger partial charge in [0.25, 0.3) is 0 Å². The summed E-state index contributed by atoms with van der Waals surface area (Å²) in [6.07, 6.45) is -2.49. The fourth-order valence-electron chi connectivity index (χ4n) is 2.92. The molecule has 1 saturated heterocycles. The van der Waals surface area contributed by atoms with E-state index in [-0.39, 0.29) is 18.6 Å². The van der Waals surface area contributed by atoms with Crippen molar-refractivity contribution in [1.29, 1.82) is 0 Å². The molecule has 1 fully saturated rings. The quantitative estimate of drug-likeness (QED) is 0.807. The monoisotopic (exact) mass is 378 g/mol. The zero-order valence-corrected chi connectivity index (χ0v) is 14.7. The average Bonchev–Trinajstić information content (AvgIpc) is 3.19. The molecule has 2 N–H and O–H groups in total. The Hall–Kier alpha value is -2.54. The van der Waals surface area contributed by atoms with Crippen LogP contribution in [0.15, 0.2) is 48.5 Å². The maximum absolute atomic E-state index is 12.6. The Kier molecular flexibility index (Phi) is 6.01. The van der Waals surface area contributed by atoms with Crippen molar-refractivity contribution >= 4 is 5.91 Å². The highest BCUT2D eigenvalue weighted by molar-refractivity contribution is 5.81. The lowest BCUT2D eigenvalue weighted by Crippen LogP contribution is -2.39. The summed E-state index contributed by atoms with van der Waals surface area (Å²) in [6, 6.07) is 12.1. The Labute approximate surface area is 155 Å². The van der Waals surface area contributed by atoms with Crippen molar-refractivity contribution in [1.82, 2.24) is 10.6 Å². The summed E-state index contributed by atoms with van der Waals surface area (Å²) in [5, 5.41) is 6.05. The second kappa shape index (κ2) is 8.43. The van der Waals surface area contributed by atoms with Gasteiger partial charge >= 0.3 is 6.18 Å². The molecule has 0 saturated carbocycles. The predicted octanol–water partition coefficient (Wildman–Crippen LogP) is 3.65. The Balaban J connectivity index is 1.52. The van der Waals surface area contributed by atoms with Crippen molar-refractivity contribution in [2.45, 2.75) is 38.2 Å². The maximum atomic E-state index is 12.6. The fraction of sp³-hybridized carbons (Fsp3) is 0.350. The minimum atomic E-state index is -4.34. The molecule has 1 amide bonds. The highest BCUT2D eigenvalue weighted by atomic mass is 19.4. The van der Waals surface area contributed by atoms with Crippen LogP contribution in [-0.2, 0) is 24.1 Å². The fourth-order valence-corrected chi connectivity index (χ4v) is 2.92. The first-order valence-corrected chi connectivity index (χ1v) is 8.81. The van der Waals surface area contributed by atoms with Gasteiger partial charge in [-0.1, -0.05) is 24.3 Å². The van der Waals surface area contributed by atoms with E-state index in [1.807, 2.05) is 18.2 Å². The minimum absolute atomic E-state index is 0.0106. The van der Waals surface area contributed by atoms with Gasteiger partial charge in [0.1, 0.15) is 12.4 Å². The molecule has 2 aromatic rings. The SMILES string of the molecule is O=C(NCc1cccc(OCc2ccc(C(F)(F)F)cc2)c1)[C@@H]1CCCN1. The van der Waals surface area contributed by atoms with Crippen LogP contribution in [0.5, 0.6) is 5.75 Å². The molecular formula is C20H21F3N2O2. The van der Waals surface area contributed by atoms with Crippen molar-refractivity contribution in [2.24, 2.45) is 0 Å². The first kappa shape index (κ1) is 19.2. The third-order valence-corrected chi connectivity index (χ3v) is 4.43. The van der Waals surface area contributed by atoms with Gasteiger partial charge in [-0.25, -0.2) is 0 Å². The number of hydrogen-bond acceptors (Lipinski definition) is 3. The van der Waals surface area contributed by atoms with E-state index >= 15 is 0 Å².